The van der Waals surface area contributed by atoms with Crippen LogP contribution in [0.15, 0.2) is 35.9 Å². The predicted octanol–water partition coefficient (Wildman–Crippen LogP) is 3.69. The van der Waals surface area contributed by atoms with Gasteiger partial charge in [0.2, 0.25) is 5.91 Å². The number of halogens is 1. The lowest BCUT2D eigenvalue weighted by Gasteiger charge is -2.42. The molecule has 3 heterocycles. The maximum atomic E-state index is 13.6. The zero-order valence-electron chi connectivity index (χ0n) is 24.9. The van der Waals surface area contributed by atoms with E-state index in [4.69, 9.17) is 35.3 Å². The van der Waals surface area contributed by atoms with Crippen LogP contribution in [0.5, 0.6) is 5.75 Å². The number of aliphatic hydroxyl groups is 1. The fraction of sp³-hybridized carbons (Fsp3) is 0.567. The second kappa shape index (κ2) is 12.2. The minimum Gasteiger partial charge on any atom is -0.495 e. The summed E-state index contributed by atoms with van der Waals surface area (Å²) >= 11 is 6.64. The summed E-state index contributed by atoms with van der Waals surface area (Å²) in [6.45, 7) is 6.77. The van der Waals surface area contributed by atoms with Crippen molar-refractivity contribution in [3.63, 3.8) is 0 Å². The van der Waals surface area contributed by atoms with Crippen LogP contribution in [0.2, 0.25) is 5.02 Å². The van der Waals surface area contributed by atoms with Gasteiger partial charge in [0.15, 0.2) is 5.72 Å². The van der Waals surface area contributed by atoms with Crippen LogP contribution in [0.1, 0.15) is 46.1 Å². The summed E-state index contributed by atoms with van der Waals surface area (Å²) in [4.78, 5) is 39.7. The van der Waals surface area contributed by atoms with Crippen LogP contribution in [0, 0.1) is 5.92 Å². The zero-order valence-corrected chi connectivity index (χ0v) is 25.7. The van der Waals surface area contributed by atoms with E-state index in [9.17, 15) is 19.5 Å². The third-order valence-corrected chi connectivity index (χ3v) is 8.64. The molecule has 0 spiro atoms. The van der Waals surface area contributed by atoms with Gasteiger partial charge in [-0.3, -0.25) is 14.9 Å². The highest BCUT2D eigenvalue weighted by Gasteiger charge is 2.64. The molecule has 0 unspecified atom stereocenters. The molecule has 4 rings (SSSR count). The van der Waals surface area contributed by atoms with Crippen LogP contribution < -0.4 is 15.0 Å². The maximum Gasteiger partial charge on any atom is 0.409 e. The van der Waals surface area contributed by atoms with Crippen molar-refractivity contribution >= 4 is 35.3 Å². The Hall–Kier alpha value is -3.12. The second-order valence-electron chi connectivity index (χ2n) is 11.4. The molecular weight excluding hydrogens is 568 g/mol. The number of allylic oxidation sites excluding steroid dienone is 3. The molecule has 2 fully saturated rings. The Labute approximate surface area is 250 Å². The van der Waals surface area contributed by atoms with E-state index < -0.39 is 53.7 Å². The lowest BCUT2D eigenvalue weighted by atomic mass is 9.83. The number of nitrogens with one attached hydrogen (secondary N) is 1. The van der Waals surface area contributed by atoms with Crippen molar-refractivity contribution in [2.24, 2.45) is 5.92 Å². The van der Waals surface area contributed by atoms with Crippen molar-refractivity contribution in [3.8, 4) is 5.75 Å². The number of benzene rings is 1. The number of hydrogen-bond acceptors (Lipinski definition) is 9. The van der Waals surface area contributed by atoms with Crippen LogP contribution in [0.4, 0.5) is 10.5 Å². The van der Waals surface area contributed by atoms with Crippen molar-refractivity contribution in [2.75, 3.05) is 26.2 Å². The molecule has 1 aromatic rings. The molecule has 4 bridgehead atoms. The fourth-order valence-corrected chi connectivity index (χ4v) is 6.12. The monoisotopic (exact) mass is 606 g/mol. The summed E-state index contributed by atoms with van der Waals surface area (Å²) in [5.41, 5.74) is -0.570. The van der Waals surface area contributed by atoms with Gasteiger partial charge in [-0.25, -0.2) is 4.79 Å². The van der Waals surface area contributed by atoms with Gasteiger partial charge in [-0.2, -0.15) is 0 Å². The number of nitrogens with zero attached hydrogens (tertiary/aromatic N) is 1. The van der Waals surface area contributed by atoms with E-state index in [-0.39, 0.29) is 23.8 Å². The number of carbonyl (C=O) groups is 3. The molecule has 11 nitrogen and oxygen atoms in total. The predicted molar refractivity (Wildman–Crippen MR) is 154 cm³/mol. The summed E-state index contributed by atoms with van der Waals surface area (Å²) in [6.07, 6.45) is 1.67. The van der Waals surface area contributed by atoms with E-state index in [1.807, 2.05) is 26.0 Å². The lowest BCUT2D eigenvalue weighted by molar-refractivity contribution is -0.151. The Morgan fingerprint density at radius 3 is 2.62 bits per heavy atom. The Balaban J connectivity index is 1.79. The molecule has 230 valence electrons. The topological polar surface area (TPSA) is 136 Å². The number of methoxy groups -OCH3 is 2. The summed E-state index contributed by atoms with van der Waals surface area (Å²) in [5, 5.41) is 14.3. The minimum absolute atomic E-state index is 0.00538. The molecule has 3 aliphatic heterocycles. The van der Waals surface area contributed by atoms with Crippen molar-refractivity contribution in [3.05, 3.63) is 46.5 Å². The van der Waals surface area contributed by atoms with Gasteiger partial charge in [-0.1, -0.05) is 42.3 Å². The van der Waals surface area contributed by atoms with E-state index in [0.29, 0.717) is 17.9 Å². The number of anilines is 1. The highest BCUT2D eigenvalue weighted by Crippen LogP contribution is 2.49. The molecule has 12 heteroatoms. The van der Waals surface area contributed by atoms with Crippen molar-refractivity contribution in [1.29, 1.82) is 0 Å². The summed E-state index contributed by atoms with van der Waals surface area (Å²) in [6, 6.07) is 3.62. The average molecular weight is 607 g/mol. The van der Waals surface area contributed by atoms with Crippen molar-refractivity contribution in [2.45, 2.75) is 82.7 Å². The first kappa shape index (κ1) is 31.8. The molecular formula is C30H39ClN2O9. The molecule has 3 aliphatic rings. The summed E-state index contributed by atoms with van der Waals surface area (Å²) in [7, 11) is 4.54. The first-order valence-corrected chi connectivity index (χ1v) is 14.2. The normalized spacial score (nSPS) is 35.6. The minimum atomic E-state index is -1.76. The molecule has 1 aromatic carbocycles. The smallest absolute Gasteiger partial charge is 0.409 e. The number of carbonyl (C=O) groups excluding carboxylic acids is 3. The molecule has 42 heavy (non-hydrogen) atoms. The zero-order chi connectivity index (χ0) is 31.0. The number of ether oxygens (including phenoxy) is 5. The largest absolute Gasteiger partial charge is 0.495 e. The standard InChI is InChI=1S/C30H39ClN2O9/c1-16-9-8-10-23(39-7)30(37)15-22(41-28(36)32-30)17(2)27-29(4,42-27)24(40-18(3)34)14-25(35)33(5)20-12-19(11-16)13-21(38-6)26(20)31/h8-10,12-13,17,22-24,27,37H,11,14-15H2,1-7H3,(H,32,36)/b10-8+,16-9+/t17-,22+,23-,24+,27+,29-,30+/m1/s1. The molecule has 7 atom stereocenters. The van der Waals surface area contributed by atoms with Gasteiger partial charge >= 0.3 is 12.1 Å². The molecule has 0 saturated carbocycles. The number of fused-ring (bicyclic) bond motifs is 5. The van der Waals surface area contributed by atoms with E-state index in [2.05, 4.69) is 5.32 Å². The van der Waals surface area contributed by atoms with E-state index in [0.717, 1.165) is 11.1 Å². The number of amides is 2. The van der Waals surface area contributed by atoms with Gasteiger partial charge < -0.3 is 33.7 Å². The molecule has 0 radical (unpaired) electrons. The Kier molecular flexibility index (Phi) is 9.27. The van der Waals surface area contributed by atoms with Crippen molar-refractivity contribution in [1.82, 2.24) is 5.32 Å². The Morgan fingerprint density at radius 2 is 1.98 bits per heavy atom. The maximum absolute atomic E-state index is 13.6. The fourth-order valence-electron chi connectivity index (χ4n) is 5.81. The van der Waals surface area contributed by atoms with Crippen LogP contribution in [-0.4, -0.2) is 80.1 Å². The number of hydrogen-bond donors (Lipinski definition) is 2. The van der Waals surface area contributed by atoms with Crippen LogP contribution >= 0.6 is 11.6 Å². The van der Waals surface area contributed by atoms with E-state index in [1.54, 1.807) is 32.2 Å². The van der Waals surface area contributed by atoms with Crippen LogP contribution in [0.25, 0.3) is 0 Å². The Morgan fingerprint density at radius 1 is 1.26 bits per heavy atom. The molecule has 0 aromatic heterocycles. The molecule has 2 amide bonds. The highest BCUT2D eigenvalue weighted by molar-refractivity contribution is 6.35. The van der Waals surface area contributed by atoms with Gasteiger partial charge in [0.1, 0.15) is 34.7 Å². The second-order valence-corrected chi connectivity index (χ2v) is 11.8. The van der Waals surface area contributed by atoms with Gasteiger partial charge in [0.05, 0.1) is 25.3 Å². The van der Waals surface area contributed by atoms with Gasteiger partial charge in [-0.15, -0.1) is 0 Å². The number of esters is 1. The first-order valence-electron chi connectivity index (χ1n) is 13.8. The first-order chi connectivity index (χ1) is 19.7. The SMILES string of the molecule is COc1cc2cc(c1Cl)N(C)C(=O)C[C@H](OC(C)=O)[C@@]1(C)O[C@H]1[C@H](C)[C@@H]1C[C@@](O)(NC(=O)O1)[C@H](OC)/C=C/C=C(\C)C2. The van der Waals surface area contributed by atoms with E-state index >= 15 is 0 Å². The van der Waals surface area contributed by atoms with Crippen LogP contribution in [-0.2, 0) is 35.0 Å². The van der Waals surface area contributed by atoms with Crippen molar-refractivity contribution < 1.29 is 43.2 Å². The molecule has 2 saturated heterocycles. The van der Waals surface area contributed by atoms with Gasteiger partial charge in [0.25, 0.3) is 0 Å². The van der Waals surface area contributed by atoms with Gasteiger partial charge in [0, 0.05) is 33.4 Å². The summed E-state index contributed by atoms with van der Waals surface area (Å²) in [5.74, 6) is -0.951. The molecule has 0 aliphatic carbocycles. The quantitative estimate of drug-likeness (QED) is 0.390. The number of alkyl carbamates (subject to hydrolysis) is 1. The highest BCUT2D eigenvalue weighted by atomic mass is 35.5. The number of rotatable bonds is 3. The lowest BCUT2D eigenvalue weighted by Crippen LogP contribution is -2.63. The van der Waals surface area contributed by atoms with Crippen LogP contribution in [0.3, 0.4) is 0 Å². The Bertz CT molecular complexity index is 1300. The number of epoxide rings is 1. The van der Waals surface area contributed by atoms with E-state index in [1.165, 1.54) is 26.0 Å². The third-order valence-electron chi connectivity index (χ3n) is 8.26. The van der Waals surface area contributed by atoms with Gasteiger partial charge in [-0.05, 0) is 38.0 Å². The molecule has 2 N–H and O–H groups in total. The average Bonchev–Trinajstić information content (AvgIpc) is 3.61. The third kappa shape index (κ3) is 6.44. The summed E-state index contributed by atoms with van der Waals surface area (Å²) < 4.78 is 28.4.